The maximum atomic E-state index is 12.4. The summed E-state index contributed by atoms with van der Waals surface area (Å²) in [6.07, 6.45) is 0. The van der Waals surface area contributed by atoms with Crippen molar-refractivity contribution in [3.05, 3.63) is 65.3 Å². The van der Waals surface area contributed by atoms with Crippen molar-refractivity contribution in [1.29, 1.82) is 0 Å². The van der Waals surface area contributed by atoms with Crippen molar-refractivity contribution in [3.8, 4) is 28.3 Å². The molecule has 2 aromatic heterocycles. The SMILES string of the molecule is CCOC(=O)c1nc(-c2ccccc2)c2snc(-c3ccc(Cl)cc3)c2c1O. The van der Waals surface area contributed by atoms with E-state index in [0.29, 0.717) is 26.5 Å². The van der Waals surface area contributed by atoms with Crippen LogP contribution in [-0.4, -0.2) is 27.0 Å². The number of fused-ring (bicyclic) bond motifs is 1. The lowest BCUT2D eigenvalue weighted by atomic mass is 10.0. The van der Waals surface area contributed by atoms with Gasteiger partial charge >= 0.3 is 5.97 Å². The van der Waals surface area contributed by atoms with Gasteiger partial charge in [-0.25, -0.2) is 9.78 Å². The summed E-state index contributed by atoms with van der Waals surface area (Å²) in [4.78, 5) is 16.9. The van der Waals surface area contributed by atoms with E-state index < -0.39 is 5.97 Å². The minimum Gasteiger partial charge on any atom is -0.505 e. The first-order valence-corrected chi connectivity index (χ1v) is 9.76. The first kappa shape index (κ1) is 18.4. The lowest BCUT2D eigenvalue weighted by Crippen LogP contribution is -2.08. The van der Waals surface area contributed by atoms with E-state index >= 15 is 0 Å². The number of benzene rings is 2. The van der Waals surface area contributed by atoms with Gasteiger partial charge in [-0.15, -0.1) is 0 Å². The molecule has 0 aliphatic rings. The van der Waals surface area contributed by atoms with E-state index in [0.717, 1.165) is 11.1 Å². The second-order valence-corrected chi connectivity index (χ2v) is 7.20. The number of pyridine rings is 1. The molecule has 0 spiro atoms. The minimum absolute atomic E-state index is 0.122. The zero-order valence-corrected chi connectivity index (χ0v) is 16.4. The Balaban J connectivity index is 2.03. The number of nitrogens with zero attached hydrogens (tertiary/aromatic N) is 2. The molecule has 28 heavy (non-hydrogen) atoms. The van der Waals surface area contributed by atoms with Gasteiger partial charge in [-0.3, -0.25) is 0 Å². The summed E-state index contributed by atoms with van der Waals surface area (Å²) in [6.45, 7) is 1.89. The molecule has 0 saturated heterocycles. The van der Waals surface area contributed by atoms with Crippen molar-refractivity contribution in [3.63, 3.8) is 0 Å². The van der Waals surface area contributed by atoms with E-state index in [9.17, 15) is 9.90 Å². The Morgan fingerprint density at radius 2 is 1.75 bits per heavy atom. The Hall–Kier alpha value is -2.96. The van der Waals surface area contributed by atoms with Gasteiger partial charge in [-0.2, -0.15) is 4.37 Å². The summed E-state index contributed by atoms with van der Waals surface area (Å²) in [5.41, 5.74) is 2.63. The van der Waals surface area contributed by atoms with Crippen molar-refractivity contribution in [2.24, 2.45) is 0 Å². The molecule has 7 heteroatoms. The van der Waals surface area contributed by atoms with E-state index in [2.05, 4.69) is 9.36 Å². The summed E-state index contributed by atoms with van der Waals surface area (Å²) < 4.78 is 10.3. The van der Waals surface area contributed by atoms with Gasteiger partial charge in [0.2, 0.25) is 0 Å². The standard InChI is InChI=1S/C21H15ClN2O3S/c1-2-27-21(26)18-19(25)15-16(13-8-10-14(22)11-9-13)24-28-20(15)17(23-18)12-6-4-3-5-7-12/h3-11,25H,2H2,1H3. The largest absolute Gasteiger partial charge is 0.505 e. The fourth-order valence-corrected chi connectivity index (χ4v) is 3.98. The van der Waals surface area contributed by atoms with Gasteiger partial charge in [-0.05, 0) is 30.6 Å². The van der Waals surface area contributed by atoms with Crippen LogP contribution in [0.2, 0.25) is 5.02 Å². The molecule has 0 unspecified atom stereocenters. The Kier molecular flexibility index (Phi) is 4.98. The highest BCUT2D eigenvalue weighted by Gasteiger charge is 2.25. The normalized spacial score (nSPS) is 10.9. The zero-order valence-electron chi connectivity index (χ0n) is 14.8. The quantitative estimate of drug-likeness (QED) is 0.446. The molecule has 0 amide bonds. The molecule has 0 aliphatic heterocycles. The van der Waals surface area contributed by atoms with Crippen LogP contribution in [0.25, 0.3) is 32.6 Å². The average Bonchev–Trinajstić information content (AvgIpc) is 3.15. The van der Waals surface area contributed by atoms with E-state index in [4.69, 9.17) is 16.3 Å². The van der Waals surface area contributed by atoms with Gasteiger partial charge in [0.1, 0.15) is 0 Å². The number of aromatic nitrogens is 2. The predicted octanol–water partition coefficient (Wildman–Crippen LogP) is 5.56. The molecule has 0 radical (unpaired) electrons. The number of rotatable bonds is 4. The molecule has 0 atom stereocenters. The van der Waals surface area contributed by atoms with Crippen LogP contribution in [0.3, 0.4) is 0 Å². The maximum absolute atomic E-state index is 12.4. The number of aromatic hydroxyl groups is 1. The monoisotopic (exact) mass is 410 g/mol. The molecule has 0 aliphatic carbocycles. The maximum Gasteiger partial charge on any atom is 0.360 e. The number of halogens is 1. The molecule has 4 rings (SSSR count). The minimum atomic E-state index is -0.674. The van der Waals surface area contributed by atoms with Crippen molar-refractivity contribution in [1.82, 2.24) is 9.36 Å². The lowest BCUT2D eigenvalue weighted by molar-refractivity contribution is 0.0516. The molecule has 4 aromatic rings. The van der Waals surface area contributed by atoms with Crippen LogP contribution in [0, 0.1) is 0 Å². The van der Waals surface area contributed by atoms with Gasteiger partial charge < -0.3 is 9.84 Å². The van der Waals surface area contributed by atoms with E-state index in [1.165, 1.54) is 11.5 Å². The van der Waals surface area contributed by atoms with Crippen LogP contribution in [-0.2, 0) is 4.74 Å². The van der Waals surface area contributed by atoms with Gasteiger partial charge in [0.15, 0.2) is 11.4 Å². The zero-order chi connectivity index (χ0) is 19.7. The van der Waals surface area contributed by atoms with E-state index in [-0.39, 0.29) is 18.1 Å². The number of carbonyl (C=O) groups excluding carboxylic acids is 1. The number of hydrogen-bond acceptors (Lipinski definition) is 6. The average molecular weight is 411 g/mol. The van der Waals surface area contributed by atoms with Crippen molar-refractivity contribution in [2.75, 3.05) is 6.61 Å². The smallest absolute Gasteiger partial charge is 0.360 e. The van der Waals surface area contributed by atoms with Gasteiger partial charge in [0.05, 0.1) is 28.1 Å². The van der Waals surface area contributed by atoms with Crippen molar-refractivity contribution in [2.45, 2.75) is 6.92 Å². The van der Waals surface area contributed by atoms with Gasteiger partial charge in [0.25, 0.3) is 0 Å². The first-order valence-electron chi connectivity index (χ1n) is 8.61. The number of esters is 1. The highest BCUT2D eigenvalue weighted by molar-refractivity contribution is 7.14. The summed E-state index contributed by atoms with van der Waals surface area (Å²) >= 11 is 7.22. The van der Waals surface area contributed by atoms with Gasteiger partial charge in [-0.1, -0.05) is 54.1 Å². The number of hydrogen-bond donors (Lipinski definition) is 1. The summed E-state index contributed by atoms with van der Waals surface area (Å²) in [6, 6.07) is 16.6. The van der Waals surface area contributed by atoms with Gasteiger partial charge in [0, 0.05) is 16.1 Å². The Bertz CT molecular complexity index is 1160. The first-order chi connectivity index (χ1) is 13.6. The molecule has 1 N–H and O–H groups in total. The van der Waals surface area contributed by atoms with Crippen molar-refractivity contribution < 1.29 is 14.6 Å². The summed E-state index contributed by atoms with van der Waals surface area (Å²) in [5.74, 6) is -0.904. The molecule has 0 fully saturated rings. The Morgan fingerprint density at radius 1 is 1.07 bits per heavy atom. The second kappa shape index (κ2) is 7.58. The molecular weight excluding hydrogens is 396 g/mol. The summed E-state index contributed by atoms with van der Waals surface area (Å²) in [7, 11) is 0. The third kappa shape index (κ3) is 3.21. The van der Waals surface area contributed by atoms with E-state index in [1.807, 2.05) is 42.5 Å². The molecule has 5 nitrogen and oxygen atoms in total. The van der Waals surface area contributed by atoms with Crippen LogP contribution in [0.4, 0.5) is 0 Å². The third-order valence-corrected chi connectivity index (χ3v) is 5.33. The number of carbonyl (C=O) groups is 1. The third-order valence-electron chi connectivity index (χ3n) is 4.23. The van der Waals surface area contributed by atoms with Crippen LogP contribution >= 0.6 is 23.1 Å². The van der Waals surface area contributed by atoms with E-state index in [1.54, 1.807) is 19.1 Å². The lowest BCUT2D eigenvalue weighted by Gasteiger charge is -2.10. The topological polar surface area (TPSA) is 72.3 Å². The predicted molar refractivity (Wildman–Crippen MR) is 111 cm³/mol. The molecule has 140 valence electrons. The molecular formula is C21H15ClN2O3S. The second-order valence-electron chi connectivity index (χ2n) is 5.99. The molecule has 0 saturated carbocycles. The Morgan fingerprint density at radius 3 is 2.43 bits per heavy atom. The number of ether oxygens (including phenoxy) is 1. The van der Waals surface area contributed by atoms with Crippen LogP contribution in [0.5, 0.6) is 5.75 Å². The van der Waals surface area contributed by atoms with Crippen LogP contribution in [0.1, 0.15) is 17.4 Å². The highest BCUT2D eigenvalue weighted by atomic mass is 35.5. The Labute approximate surface area is 170 Å². The molecule has 0 bridgehead atoms. The fourth-order valence-electron chi connectivity index (χ4n) is 2.94. The fraction of sp³-hybridized carbons (Fsp3) is 0.0952. The van der Waals surface area contributed by atoms with Crippen LogP contribution in [0.15, 0.2) is 54.6 Å². The van der Waals surface area contributed by atoms with Crippen molar-refractivity contribution >= 4 is 39.2 Å². The molecule has 2 heterocycles. The highest BCUT2D eigenvalue weighted by Crippen LogP contribution is 2.42. The van der Waals surface area contributed by atoms with Crippen LogP contribution < -0.4 is 0 Å². The molecule has 2 aromatic carbocycles. The summed E-state index contributed by atoms with van der Waals surface area (Å²) in [5, 5.41) is 12.0.